The molecule has 2 aromatic carbocycles. The van der Waals surface area contributed by atoms with E-state index >= 15 is 0 Å². The average molecular weight is 475 g/mol. The molecule has 178 valence electrons. The van der Waals surface area contributed by atoms with Crippen molar-refractivity contribution in [1.29, 1.82) is 0 Å². The lowest BCUT2D eigenvalue weighted by molar-refractivity contribution is 0.102. The quantitative estimate of drug-likeness (QED) is 0.555. The van der Waals surface area contributed by atoms with Crippen LogP contribution >= 0.6 is 0 Å². The molecule has 8 nitrogen and oxygen atoms in total. The smallest absolute Gasteiger partial charge is 0.255 e. The topological polar surface area (TPSA) is 94.2 Å². The molecule has 33 heavy (non-hydrogen) atoms. The van der Waals surface area contributed by atoms with Crippen LogP contribution < -0.4 is 19.5 Å². The van der Waals surface area contributed by atoms with Gasteiger partial charge in [-0.05, 0) is 49.6 Å². The summed E-state index contributed by atoms with van der Waals surface area (Å²) in [6.07, 6.45) is 4.89. The molecule has 1 heterocycles. The van der Waals surface area contributed by atoms with Crippen molar-refractivity contribution < 1.29 is 27.4 Å². The van der Waals surface area contributed by atoms with Gasteiger partial charge in [0.25, 0.3) is 5.91 Å². The molecule has 0 spiro atoms. The molecule has 0 aliphatic carbocycles. The number of benzene rings is 2. The SMILES string of the molecule is C=CCc1cc(C(=O)Nc2cc(S(=O)(=O)N3CCCCC3)ccc2OC)cc(OC)c1OC. The van der Waals surface area contributed by atoms with Crippen molar-refractivity contribution in [3.05, 3.63) is 54.1 Å². The molecule has 0 saturated carbocycles. The van der Waals surface area contributed by atoms with E-state index in [2.05, 4.69) is 11.9 Å². The van der Waals surface area contributed by atoms with Crippen LogP contribution in [0.25, 0.3) is 0 Å². The maximum absolute atomic E-state index is 13.1. The molecular weight excluding hydrogens is 444 g/mol. The van der Waals surface area contributed by atoms with E-state index in [9.17, 15) is 13.2 Å². The highest BCUT2D eigenvalue weighted by Gasteiger charge is 2.27. The Morgan fingerprint density at radius 1 is 1.03 bits per heavy atom. The van der Waals surface area contributed by atoms with E-state index in [-0.39, 0.29) is 10.6 Å². The Labute approximate surface area is 195 Å². The summed E-state index contributed by atoms with van der Waals surface area (Å²) >= 11 is 0. The van der Waals surface area contributed by atoms with Gasteiger partial charge in [0, 0.05) is 24.2 Å². The Morgan fingerprint density at radius 3 is 2.33 bits per heavy atom. The van der Waals surface area contributed by atoms with Crippen LogP contribution in [-0.2, 0) is 16.4 Å². The Hall–Kier alpha value is -3.04. The second kappa shape index (κ2) is 10.7. The number of ether oxygens (including phenoxy) is 3. The van der Waals surface area contributed by atoms with E-state index in [0.29, 0.717) is 42.3 Å². The fraction of sp³-hybridized carbons (Fsp3) is 0.375. The lowest BCUT2D eigenvalue weighted by atomic mass is 10.0. The number of nitrogens with one attached hydrogen (secondary N) is 1. The van der Waals surface area contributed by atoms with E-state index in [0.717, 1.165) is 24.8 Å². The molecule has 0 aromatic heterocycles. The number of sulfonamides is 1. The monoisotopic (exact) mass is 474 g/mol. The Bertz CT molecular complexity index is 1120. The van der Waals surface area contributed by atoms with Gasteiger partial charge in [0.05, 0.1) is 31.9 Å². The van der Waals surface area contributed by atoms with Gasteiger partial charge in [-0.25, -0.2) is 8.42 Å². The lowest BCUT2D eigenvalue weighted by Crippen LogP contribution is -2.35. The highest BCUT2D eigenvalue weighted by molar-refractivity contribution is 7.89. The summed E-state index contributed by atoms with van der Waals surface area (Å²) < 4.78 is 43.9. The molecule has 0 unspecified atom stereocenters. The number of hydrogen-bond donors (Lipinski definition) is 1. The third kappa shape index (κ3) is 5.31. The maximum Gasteiger partial charge on any atom is 0.255 e. The minimum absolute atomic E-state index is 0.111. The number of rotatable bonds is 9. The summed E-state index contributed by atoms with van der Waals surface area (Å²) in [6, 6.07) is 7.74. The highest BCUT2D eigenvalue weighted by atomic mass is 32.2. The van der Waals surface area contributed by atoms with Gasteiger partial charge in [-0.1, -0.05) is 12.5 Å². The first kappa shape index (κ1) is 24.6. The Kier molecular flexibility index (Phi) is 7.99. The van der Waals surface area contributed by atoms with Crippen molar-refractivity contribution >= 4 is 21.6 Å². The van der Waals surface area contributed by atoms with Crippen molar-refractivity contribution in [2.75, 3.05) is 39.7 Å². The van der Waals surface area contributed by atoms with Crippen LogP contribution in [0.4, 0.5) is 5.69 Å². The molecule has 0 atom stereocenters. The van der Waals surface area contributed by atoms with Gasteiger partial charge in [-0.3, -0.25) is 4.79 Å². The molecule has 9 heteroatoms. The standard InChI is InChI=1S/C24H30N2O6S/c1-5-9-17-14-18(15-22(31-3)23(17)32-4)24(27)25-20-16-19(10-11-21(20)30-2)33(28,29)26-12-7-6-8-13-26/h5,10-11,14-16H,1,6-9,12-13H2,2-4H3,(H,25,27). The molecule has 1 amide bonds. The van der Waals surface area contributed by atoms with Crippen molar-refractivity contribution in [3.8, 4) is 17.2 Å². The predicted molar refractivity (Wildman–Crippen MR) is 127 cm³/mol. The van der Waals surface area contributed by atoms with Crippen molar-refractivity contribution in [2.45, 2.75) is 30.6 Å². The largest absolute Gasteiger partial charge is 0.495 e. The molecule has 1 fully saturated rings. The molecule has 3 rings (SSSR count). The average Bonchev–Trinajstić information content (AvgIpc) is 2.84. The Balaban J connectivity index is 1.95. The van der Waals surface area contributed by atoms with Gasteiger partial charge in [-0.15, -0.1) is 6.58 Å². The van der Waals surface area contributed by atoms with Gasteiger partial charge < -0.3 is 19.5 Å². The first-order valence-electron chi connectivity index (χ1n) is 10.7. The van der Waals surface area contributed by atoms with Crippen LogP contribution in [0.2, 0.25) is 0 Å². The molecule has 1 N–H and O–H groups in total. The molecular formula is C24H30N2O6S. The van der Waals surface area contributed by atoms with Crippen molar-refractivity contribution in [3.63, 3.8) is 0 Å². The zero-order valence-electron chi connectivity index (χ0n) is 19.2. The number of allylic oxidation sites excluding steroid dienone is 1. The number of piperidine rings is 1. The van der Waals surface area contributed by atoms with Crippen LogP contribution in [0, 0.1) is 0 Å². The summed E-state index contributed by atoms with van der Waals surface area (Å²) in [5, 5.41) is 2.78. The number of nitrogens with zero attached hydrogens (tertiary/aromatic N) is 1. The van der Waals surface area contributed by atoms with E-state index < -0.39 is 15.9 Å². The summed E-state index contributed by atoms with van der Waals surface area (Å²) in [5.41, 5.74) is 1.34. The normalized spacial score (nSPS) is 14.4. The third-order valence-corrected chi connectivity index (χ3v) is 7.45. The van der Waals surface area contributed by atoms with E-state index in [1.54, 1.807) is 24.3 Å². The van der Waals surface area contributed by atoms with E-state index in [1.165, 1.54) is 37.8 Å². The highest BCUT2D eigenvalue weighted by Crippen LogP contribution is 2.34. The third-order valence-electron chi connectivity index (χ3n) is 5.55. The van der Waals surface area contributed by atoms with Gasteiger partial charge in [-0.2, -0.15) is 4.31 Å². The number of methoxy groups -OCH3 is 3. The van der Waals surface area contributed by atoms with Gasteiger partial charge in [0.2, 0.25) is 10.0 Å². The maximum atomic E-state index is 13.1. The molecule has 1 saturated heterocycles. The number of hydrogen-bond acceptors (Lipinski definition) is 6. The summed E-state index contributed by atoms with van der Waals surface area (Å²) in [6.45, 7) is 4.74. The van der Waals surface area contributed by atoms with Crippen LogP contribution in [0.1, 0.15) is 35.2 Å². The van der Waals surface area contributed by atoms with Crippen molar-refractivity contribution in [2.24, 2.45) is 0 Å². The number of amides is 1. The van der Waals surface area contributed by atoms with Crippen LogP contribution in [0.3, 0.4) is 0 Å². The van der Waals surface area contributed by atoms with Gasteiger partial charge in [0.15, 0.2) is 11.5 Å². The van der Waals surface area contributed by atoms with Gasteiger partial charge in [0.1, 0.15) is 5.75 Å². The molecule has 1 aliphatic heterocycles. The number of anilines is 1. The summed E-state index contributed by atoms with van der Waals surface area (Å²) in [7, 11) is 0.822. The molecule has 0 radical (unpaired) electrons. The zero-order valence-corrected chi connectivity index (χ0v) is 20.0. The second-order valence-electron chi connectivity index (χ2n) is 7.64. The minimum Gasteiger partial charge on any atom is -0.495 e. The van der Waals surface area contributed by atoms with Crippen LogP contribution in [0.5, 0.6) is 17.2 Å². The van der Waals surface area contributed by atoms with Gasteiger partial charge >= 0.3 is 0 Å². The first-order valence-corrected chi connectivity index (χ1v) is 12.1. The van der Waals surface area contributed by atoms with Crippen LogP contribution in [0.15, 0.2) is 47.9 Å². The van der Waals surface area contributed by atoms with E-state index in [1.807, 2.05) is 0 Å². The number of carbonyl (C=O) groups excluding carboxylic acids is 1. The number of carbonyl (C=O) groups is 1. The van der Waals surface area contributed by atoms with Crippen molar-refractivity contribution in [1.82, 2.24) is 4.31 Å². The predicted octanol–water partition coefficient (Wildman–Crippen LogP) is 3.87. The minimum atomic E-state index is -3.66. The fourth-order valence-corrected chi connectivity index (χ4v) is 5.42. The second-order valence-corrected chi connectivity index (χ2v) is 9.58. The Morgan fingerprint density at radius 2 is 1.73 bits per heavy atom. The van der Waals surface area contributed by atoms with Crippen LogP contribution in [-0.4, -0.2) is 53.0 Å². The summed E-state index contributed by atoms with van der Waals surface area (Å²) in [5.74, 6) is 0.858. The first-order chi connectivity index (χ1) is 15.8. The lowest BCUT2D eigenvalue weighted by Gasteiger charge is -2.26. The van der Waals surface area contributed by atoms with E-state index in [4.69, 9.17) is 14.2 Å². The molecule has 2 aromatic rings. The fourth-order valence-electron chi connectivity index (χ4n) is 3.88. The molecule has 1 aliphatic rings. The summed E-state index contributed by atoms with van der Waals surface area (Å²) in [4.78, 5) is 13.2. The zero-order chi connectivity index (χ0) is 24.0. The molecule has 0 bridgehead atoms.